The quantitative estimate of drug-likeness (QED) is 0.346. The Morgan fingerprint density at radius 1 is 1.00 bits per heavy atom. The summed E-state index contributed by atoms with van der Waals surface area (Å²) in [6.07, 6.45) is 5.08. The minimum Gasteiger partial charge on any atom is -0.474 e. The molecule has 4 heterocycles. The average molecular weight is 482 g/mol. The van der Waals surface area contributed by atoms with Gasteiger partial charge in [-0.25, -0.2) is 29.3 Å². The third-order valence-corrected chi connectivity index (χ3v) is 6.25. The first kappa shape index (κ1) is 22.1. The summed E-state index contributed by atoms with van der Waals surface area (Å²) in [5, 5.41) is 3.18. The molecular weight excluding hydrogens is 457 g/mol. The Hall–Kier alpha value is -4.40. The molecule has 0 saturated heterocycles. The molecular formula is C27H24FN7O. The van der Waals surface area contributed by atoms with Crippen LogP contribution in [0.1, 0.15) is 25.2 Å². The highest BCUT2D eigenvalue weighted by Crippen LogP contribution is 2.39. The molecule has 5 aromatic rings. The maximum atomic E-state index is 13.7. The lowest BCUT2D eigenvalue weighted by molar-refractivity contribution is 0.247. The van der Waals surface area contributed by atoms with Crippen LogP contribution in [0.3, 0.4) is 0 Å². The van der Waals surface area contributed by atoms with Crippen LogP contribution in [0.25, 0.3) is 33.7 Å². The van der Waals surface area contributed by atoms with Gasteiger partial charge in [-0.3, -0.25) is 0 Å². The van der Waals surface area contributed by atoms with Gasteiger partial charge in [-0.05, 0) is 55.8 Å². The molecule has 0 saturated carbocycles. The predicted octanol–water partition coefficient (Wildman–Crippen LogP) is 5.09. The number of fused-ring (bicyclic) bond motifs is 2. The van der Waals surface area contributed by atoms with Gasteiger partial charge in [-0.2, -0.15) is 0 Å². The number of rotatable bonds is 7. The summed E-state index contributed by atoms with van der Waals surface area (Å²) in [5.74, 6) is 1.70. The Morgan fingerprint density at radius 2 is 1.83 bits per heavy atom. The first-order valence-electron chi connectivity index (χ1n) is 12.0. The Balaban J connectivity index is 1.38. The van der Waals surface area contributed by atoms with E-state index in [-0.39, 0.29) is 11.9 Å². The molecule has 1 unspecified atom stereocenters. The predicted molar refractivity (Wildman–Crippen MR) is 135 cm³/mol. The van der Waals surface area contributed by atoms with E-state index in [1.807, 2.05) is 37.3 Å². The van der Waals surface area contributed by atoms with Crippen LogP contribution in [0.5, 0.6) is 5.88 Å². The molecule has 1 N–H and O–H groups in total. The van der Waals surface area contributed by atoms with E-state index in [4.69, 9.17) is 14.7 Å². The molecule has 6 rings (SSSR count). The number of hydrogen-bond donors (Lipinski definition) is 1. The van der Waals surface area contributed by atoms with E-state index in [0.717, 1.165) is 52.3 Å². The first-order valence-corrected chi connectivity index (χ1v) is 12.0. The number of para-hydroxylation sites is 2. The lowest BCUT2D eigenvalue weighted by atomic mass is 10.1. The number of benzene rings is 2. The van der Waals surface area contributed by atoms with Crippen LogP contribution in [-0.2, 0) is 6.42 Å². The highest BCUT2D eigenvalue weighted by molar-refractivity contribution is 5.78. The monoisotopic (exact) mass is 481 g/mol. The number of nitrogens with zero attached hydrogens (tertiary/aromatic N) is 6. The SMILES string of the molecule is CCNc1nccc(-c2c(-c3ccc(F)cc3)nc3n2C(COc2cnc4ccccc4n2)CC3)n1. The third-order valence-electron chi connectivity index (χ3n) is 6.25. The summed E-state index contributed by atoms with van der Waals surface area (Å²) in [5.41, 5.74) is 4.83. The van der Waals surface area contributed by atoms with Gasteiger partial charge < -0.3 is 14.6 Å². The molecule has 1 atom stereocenters. The standard InChI is InChI=1S/C27H24FN7O/c1-2-29-27-30-14-13-22(33-27)26-25(17-7-9-18(28)10-8-17)34-23-12-11-19(35(23)26)16-36-24-15-31-20-5-3-4-6-21(20)32-24/h3-10,13-15,19H,2,11-12,16H2,1H3,(H,29,30,33). The second-order valence-corrected chi connectivity index (χ2v) is 8.60. The zero-order chi connectivity index (χ0) is 24.5. The second kappa shape index (κ2) is 9.33. The van der Waals surface area contributed by atoms with Crippen LogP contribution >= 0.6 is 0 Å². The van der Waals surface area contributed by atoms with Crippen molar-refractivity contribution in [3.63, 3.8) is 0 Å². The van der Waals surface area contributed by atoms with Crippen LogP contribution in [0.15, 0.2) is 67.0 Å². The molecule has 0 spiro atoms. The Kier molecular flexibility index (Phi) is 5.73. The minimum atomic E-state index is -0.286. The fraction of sp³-hybridized carbons (Fsp3) is 0.222. The fourth-order valence-corrected chi connectivity index (χ4v) is 4.61. The van der Waals surface area contributed by atoms with Gasteiger partial charge in [0.15, 0.2) is 0 Å². The first-order chi connectivity index (χ1) is 17.7. The van der Waals surface area contributed by atoms with Gasteiger partial charge >= 0.3 is 0 Å². The second-order valence-electron chi connectivity index (χ2n) is 8.60. The largest absolute Gasteiger partial charge is 0.474 e. The van der Waals surface area contributed by atoms with Crippen molar-refractivity contribution in [2.75, 3.05) is 18.5 Å². The zero-order valence-corrected chi connectivity index (χ0v) is 19.7. The van der Waals surface area contributed by atoms with E-state index in [0.29, 0.717) is 25.0 Å². The number of imidazole rings is 1. The number of halogens is 1. The van der Waals surface area contributed by atoms with Crippen LogP contribution in [0, 0.1) is 5.82 Å². The van der Waals surface area contributed by atoms with Gasteiger partial charge in [0.2, 0.25) is 11.8 Å². The Bertz CT molecular complexity index is 1530. The van der Waals surface area contributed by atoms with E-state index in [2.05, 4.69) is 24.8 Å². The summed E-state index contributed by atoms with van der Waals surface area (Å²) in [6.45, 7) is 3.12. The molecule has 0 bridgehead atoms. The molecule has 180 valence electrons. The number of ether oxygens (including phenoxy) is 1. The van der Waals surface area contributed by atoms with Crippen molar-refractivity contribution in [2.24, 2.45) is 0 Å². The summed E-state index contributed by atoms with van der Waals surface area (Å²) < 4.78 is 22.0. The highest BCUT2D eigenvalue weighted by Gasteiger charge is 2.31. The van der Waals surface area contributed by atoms with Gasteiger partial charge in [0.25, 0.3) is 0 Å². The number of anilines is 1. The van der Waals surface area contributed by atoms with Crippen molar-refractivity contribution in [2.45, 2.75) is 25.8 Å². The zero-order valence-electron chi connectivity index (χ0n) is 19.7. The van der Waals surface area contributed by atoms with Gasteiger partial charge in [-0.1, -0.05) is 12.1 Å². The normalized spacial score (nSPS) is 14.7. The average Bonchev–Trinajstić information content (AvgIpc) is 3.48. The van der Waals surface area contributed by atoms with Crippen molar-refractivity contribution >= 4 is 17.0 Å². The molecule has 1 aliphatic rings. The molecule has 1 aliphatic heterocycles. The van der Waals surface area contributed by atoms with Gasteiger partial charge in [0, 0.05) is 24.7 Å². The molecule has 3 aromatic heterocycles. The summed E-state index contributed by atoms with van der Waals surface area (Å²) in [4.78, 5) is 23.1. The smallest absolute Gasteiger partial charge is 0.232 e. The van der Waals surface area contributed by atoms with Crippen molar-refractivity contribution < 1.29 is 9.13 Å². The third kappa shape index (κ3) is 4.13. The molecule has 0 fully saturated rings. The van der Waals surface area contributed by atoms with Crippen molar-refractivity contribution in [1.29, 1.82) is 0 Å². The number of nitrogens with one attached hydrogen (secondary N) is 1. The number of aryl methyl sites for hydroxylation is 1. The van der Waals surface area contributed by atoms with Crippen molar-refractivity contribution in [3.05, 3.63) is 78.6 Å². The molecule has 9 heteroatoms. The molecule has 8 nitrogen and oxygen atoms in total. The van der Waals surface area contributed by atoms with E-state index in [1.54, 1.807) is 24.5 Å². The lowest BCUT2D eigenvalue weighted by Crippen LogP contribution is -2.16. The molecule has 2 aromatic carbocycles. The van der Waals surface area contributed by atoms with Gasteiger partial charge in [0.05, 0.1) is 40.4 Å². The van der Waals surface area contributed by atoms with Gasteiger partial charge in [0.1, 0.15) is 18.2 Å². The van der Waals surface area contributed by atoms with Crippen LogP contribution < -0.4 is 10.1 Å². The summed E-state index contributed by atoms with van der Waals surface area (Å²) in [6, 6.07) is 16.0. The van der Waals surface area contributed by atoms with Crippen molar-refractivity contribution in [1.82, 2.24) is 29.5 Å². The van der Waals surface area contributed by atoms with Gasteiger partial charge in [-0.15, -0.1) is 0 Å². The van der Waals surface area contributed by atoms with E-state index in [1.165, 1.54) is 12.1 Å². The topological polar surface area (TPSA) is 90.6 Å². The molecule has 36 heavy (non-hydrogen) atoms. The van der Waals surface area contributed by atoms with Crippen LogP contribution in [0.2, 0.25) is 0 Å². The number of hydrogen-bond acceptors (Lipinski definition) is 7. The summed E-state index contributed by atoms with van der Waals surface area (Å²) >= 11 is 0. The molecule has 0 radical (unpaired) electrons. The highest BCUT2D eigenvalue weighted by atomic mass is 19.1. The van der Waals surface area contributed by atoms with E-state index in [9.17, 15) is 4.39 Å². The maximum absolute atomic E-state index is 13.7. The fourth-order valence-electron chi connectivity index (χ4n) is 4.61. The maximum Gasteiger partial charge on any atom is 0.232 e. The van der Waals surface area contributed by atoms with Crippen LogP contribution in [0.4, 0.5) is 10.3 Å². The van der Waals surface area contributed by atoms with Crippen LogP contribution in [-0.4, -0.2) is 42.6 Å². The minimum absolute atomic E-state index is 0.0301. The molecule has 0 aliphatic carbocycles. The lowest BCUT2D eigenvalue weighted by Gasteiger charge is -2.18. The number of aromatic nitrogens is 6. The van der Waals surface area contributed by atoms with E-state index >= 15 is 0 Å². The molecule has 0 amide bonds. The summed E-state index contributed by atoms with van der Waals surface area (Å²) in [7, 11) is 0. The van der Waals surface area contributed by atoms with Crippen molar-refractivity contribution in [3.8, 4) is 28.5 Å². The Morgan fingerprint density at radius 3 is 2.67 bits per heavy atom. The Labute approximate surface area is 207 Å². The van der Waals surface area contributed by atoms with E-state index < -0.39 is 0 Å².